The molecular weight excluding hydrogens is 350 g/mol. The average Bonchev–Trinajstić information content (AvgIpc) is 3.01. The number of rotatable bonds is 6. The number of ether oxygens (including phenoxy) is 1. The lowest BCUT2D eigenvalue weighted by Gasteiger charge is -2.08. The van der Waals surface area contributed by atoms with E-state index in [2.05, 4.69) is 20.4 Å². The predicted octanol–water partition coefficient (Wildman–Crippen LogP) is 3.66. The number of benzene rings is 1. The molecule has 0 spiro atoms. The SMILES string of the molecule is Cc1noc(COc2ccc(Nc3ncc([N+](=O)[O-])cc3Cl)cc2)n1. The summed E-state index contributed by atoms with van der Waals surface area (Å²) in [7, 11) is 0. The third kappa shape index (κ3) is 4.21. The van der Waals surface area contributed by atoms with Gasteiger partial charge in [-0.15, -0.1) is 0 Å². The number of nitro groups is 1. The highest BCUT2D eigenvalue weighted by Crippen LogP contribution is 2.27. The fourth-order valence-electron chi connectivity index (χ4n) is 1.93. The van der Waals surface area contributed by atoms with Crippen molar-refractivity contribution in [3.8, 4) is 5.75 Å². The number of hydrogen-bond donors (Lipinski definition) is 1. The van der Waals surface area contributed by atoms with Gasteiger partial charge in [-0.1, -0.05) is 16.8 Å². The molecule has 2 aromatic heterocycles. The maximum absolute atomic E-state index is 10.7. The summed E-state index contributed by atoms with van der Waals surface area (Å²) < 4.78 is 10.5. The minimum atomic E-state index is -0.556. The van der Waals surface area contributed by atoms with Gasteiger partial charge in [0.2, 0.25) is 0 Å². The zero-order valence-corrected chi connectivity index (χ0v) is 13.7. The van der Waals surface area contributed by atoms with Crippen LogP contribution in [-0.2, 0) is 6.61 Å². The number of hydrogen-bond acceptors (Lipinski definition) is 8. The number of nitrogens with one attached hydrogen (secondary N) is 1. The van der Waals surface area contributed by atoms with Gasteiger partial charge in [0.15, 0.2) is 12.4 Å². The number of aromatic nitrogens is 3. The molecule has 1 N–H and O–H groups in total. The minimum Gasteiger partial charge on any atom is -0.484 e. The van der Waals surface area contributed by atoms with Gasteiger partial charge in [0, 0.05) is 11.8 Å². The molecule has 0 saturated carbocycles. The van der Waals surface area contributed by atoms with Crippen molar-refractivity contribution in [1.29, 1.82) is 0 Å². The number of pyridine rings is 1. The summed E-state index contributed by atoms with van der Waals surface area (Å²) in [6, 6.07) is 8.23. The Hall–Kier alpha value is -3.20. The molecule has 1 aromatic carbocycles. The first kappa shape index (κ1) is 16.7. The van der Waals surface area contributed by atoms with E-state index in [4.69, 9.17) is 20.9 Å². The molecule has 0 fully saturated rings. The van der Waals surface area contributed by atoms with Gasteiger partial charge in [-0.05, 0) is 31.2 Å². The maximum Gasteiger partial charge on any atom is 0.289 e. The Balaban J connectivity index is 1.63. The molecule has 25 heavy (non-hydrogen) atoms. The van der Waals surface area contributed by atoms with Crippen molar-refractivity contribution in [3.05, 3.63) is 63.4 Å². The van der Waals surface area contributed by atoms with E-state index in [1.807, 2.05) is 0 Å². The zero-order chi connectivity index (χ0) is 17.8. The van der Waals surface area contributed by atoms with Crippen molar-refractivity contribution in [2.75, 3.05) is 5.32 Å². The smallest absolute Gasteiger partial charge is 0.289 e. The van der Waals surface area contributed by atoms with Crippen LogP contribution >= 0.6 is 11.6 Å². The molecule has 0 aliphatic heterocycles. The van der Waals surface area contributed by atoms with Crippen LogP contribution in [-0.4, -0.2) is 20.0 Å². The summed E-state index contributed by atoms with van der Waals surface area (Å²) in [5.74, 6) is 1.87. The van der Waals surface area contributed by atoms with E-state index < -0.39 is 4.92 Å². The first-order valence-corrected chi connectivity index (χ1v) is 7.48. The van der Waals surface area contributed by atoms with Crippen LogP contribution in [0.25, 0.3) is 0 Å². The fourth-order valence-corrected chi connectivity index (χ4v) is 2.14. The summed E-state index contributed by atoms with van der Waals surface area (Å²) in [6.45, 7) is 1.90. The molecule has 0 unspecified atom stereocenters. The van der Waals surface area contributed by atoms with Gasteiger partial charge in [0.05, 0.1) is 9.95 Å². The summed E-state index contributed by atoms with van der Waals surface area (Å²) in [5, 5.41) is 17.5. The van der Waals surface area contributed by atoms with Gasteiger partial charge in [0.25, 0.3) is 11.6 Å². The Morgan fingerprint density at radius 2 is 2.12 bits per heavy atom. The van der Waals surface area contributed by atoms with Crippen molar-refractivity contribution in [2.45, 2.75) is 13.5 Å². The molecule has 0 saturated heterocycles. The number of anilines is 2. The first-order chi connectivity index (χ1) is 12.0. The molecule has 128 valence electrons. The summed E-state index contributed by atoms with van der Waals surface area (Å²) in [5.41, 5.74) is 0.528. The lowest BCUT2D eigenvalue weighted by Crippen LogP contribution is -1.98. The quantitative estimate of drug-likeness (QED) is 0.522. The minimum absolute atomic E-state index is 0.154. The second-order valence-corrected chi connectivity index (χ2v) is 5.36. The van der Waals surface area contributed by atoms with Crippen LogP contribution in [0.15, 0.2) is 41.1 Å². The third-order valence-electron chi connectivity index (χ3n) is 3.09. The Kier molecular flexibility index (Phi) is 4.75. The predicted molar refractivity (Wildman–Crippen MR) is 89.0 cm³/mol. The van der Waals surface area contributed by atoms with E-state index in [9.17, 15) is 10.1 Å². The molecule has 0 aliphatic rings. The molecular formula is C15H12ClN5O4. The van der Waals surface area contributed by atoms with Crippen molar-refractivity contribution in [1.82, 2.24) is 15.1 Å². The van der Waals surface area contributed by atoms with Crippen molar-refractivity contribution >= 4 is 28.8 Å². The van der Waals surface area contributed by atoms with E-state index in [1.54, 1.807) is 31.2 Å². The summed E-state index contributed by atoms with van der Waals surface area (Å²) >= 11 is 6.00. The third-order valence-corrected chi connectivity index (χ3v) is 3.37. The number of aryl methyl sites for hydroxylation is 1. The van der Waals surface area contributed by atoms with Crippen molar-refractivity contribution in [2.24, 2.45) is 0 Å². The second-order valence-electron chi connectivity index (χ2n) is 4.95. The molecule has 3 rings (SSSR count). The van der Waals surface area contributed by atoms with Gasteiger partial charge >= 0.3 is 0 Å². The molecule has 0 amide bonds. The van der Waals surface area contributed by atoms with Gasteiger partial charge in [-0.3, -0.25) is 10.1 Å². The van der Waals surface area contributed by atoms with Gasteiger partial charge in [0.1, 0.15) is 17.8 Å². The van der Waals surface area contributed by atoms with Crippen molar-refractivity contribution < 1.29 is 14.2 Å². The molecule has 0 aliphatic carbocycles. The number of nitrogens with zero attached hydrogens (tertiary/aromatic N) is 4. The Labute approximate surface area is 146 Å². The van der Waals surface area contributed by atoms with E-state index in [0.29, 0.717) is 29.0 Å². The largest absolute Gasteiger partial charge is 0.484 e. The molecule has 0 atom stereocenters. The van der Waals surface area contributed by atoms with Gasteiger partial charge < -0.3 is 14.6 Å². The second kappa shape index (κ2) is 7.14. The standard InChI is InChI=1S/C15H12ClN5O4/c1-9-18-14(25-20-9)8-24-12-4-2-10(3-5-12)19-15-13(16)6-11(7-17-15)21(22)23/h2-7H,8H2,1H3,(H,17,19). The molecule has 9 nitrogen and oxygen atoms in total. The lowest BCUT2D eigenvalue weighted by atomic mass is 10.3. The van der Waals surface area contributed by atoms with E-state index in [0.717, 1.165) is 6.20 Å². The van der Waals surface area contributed by atoms with E-state index >= 15 is 0 Å². The van der Waals surface area contributed by atoms with Crippen LogP contribution in [0.1, 0.15) is 11.7 Å². The Morgan fingerprint density at radius 1 is 1.36 bits per heavy atom. The zero-order valence-electron chi connectivity index (χ0n) is 13.0. The maximum atomic E-state index is 10.7. The highest BCUT2D eigenvalue weighted by atomic mass is 35.5. The fraction of sp³-hybridized carbons (Fsp3) is 0.133. The normalized spacial score (nSPS) is 10.5. The first-order valence-electron chi connectivity index (χ1n) is 7.10. The molecule has 10 heteroatoms. The van der Waals surface area contributed by atoms with Crippen LogP contribution in [0.5, 0.6) is 5.75 Å². The molecule has 2 heterocycles. The van der Waals surface area contributed by atoms with Crippen molar-refractivity contribution in [3.63, 3.8) is 0 Å². The van der Waals surface area contributed by atoms with E-state index in [-0.39, 0.29) is 17.3 Å². The average molecular weight is 362 g/mol. The van der Waals surface area contributed by atoms with Gasteiger partial charge in [-0.25, -0.2) is 4.98 Å². The molecule has 0 bridgehead atoms. The summed E-state index contributed by atoms with van der Waals surface area (Å²) in [6.07, 6.45) is 1.14. The molecule has 0 radical (unpaired) electrons. The summed E-state index contributed by atoms with van der Waals surface area (Å²) in [4.78, 5) is 18.1. The number of halogens is 1. The molecule has 3 aromatic rings. The monoisotopic (exact) mass is 361 g/mol. The van der Waals surface area contributed by atoms with Crippen LogP contribution in [0.3, 0.4) is 0 Å². The Morgan fingerprint density at radius 3 is 2.72 bits per heavy atom. The van der Waals surface area contributed by atoms with Crippen LogP contribution in [0.2, 0.25) is 5.02 Å². The lowest BCUT2D eigenvalue weighted by molar-refractivity contribution is -0.385. The van der Waals surface area contributed by atoms with E-state index in [1.165, 1.54) is 6.07 Å². The van der Waals surface area contributed by atoms with Crippen LogP contribution in [0.4, 0.5) is 17.2 Å². The van der Waals surface area contributed by atoms with Crippen LogP contribution in [0, 0.1) is 17.0 Å². The van der Waals surface area contributed by atoms with Gasteiger partial charge in [-0.2, -0.15) is 4.98 Å². The highest BCUT2D eigenvalue weighted by molar-refractivity contribution is 6.33. The Bertz CT molecular complexity index is 897. The highest BCUT2D eigenvalue weighted by Gasteiger charge is 2.11. The van der Waals surface area contributed by atoms with Crippen LogP contribution < -0.4 is 10.1 Å². The topological polar surface area (TPSA) is 116 Å².